The Hall–Kier alpha value is -1.55. The Morgan fingerprint density at radius 3 is 2.44 bits per heavy atom. The molecular formula is C14H24N4. The third-order valence-corrected chi connectivity index (χ3v) is 2.67. The highest BCUT2D eigenvalue weighted by Gasteiger charge is 1.98. The fourth-order valence-corrected chi connectivity index (χ4v) is 1.65. The first kappa shape index (κ1) is 14.5. The summed E-state index contributed by atoms with van der Waals surface area (Å²) in [7, 11) is 0. The summed E-state index contributed by atoms with van der Waals surface area (Å²) in [6, 6.07) is 8.37. The number of benzene rings is 1. The normalized spacial score (nSPS) is 11.4. The van der Waals surface area contributed by atoms with Crippen molar-refractivity contribution in [3.05, 3.63) is 29.8 Å². The number of nitrogens with two attached hydrogens (primary N) is 1. The van der Waals surface area contributed by atoms with E-state index in [0.717, 1.165) is 31.5 Å². The highest BCUT2D eigenvalue weighted by atomic mass is 15.3. The fourth-order valence-electron chi connectivity index (χ4n) is 1.65. The van der Waals surface area contributed by atoms with Gasteiger partial charge in [-0.2, -0.15) is 0 Å². The van der Waals surface area contributed by atoms with Crippen LogP contribution in [0, 0.1) is 0 Å². The quantitative estimate of drug-likeness (QED) is 0.238. The molecule has 4 N–H and O–H groups in total. The van der Waals surface area contributed by atoms with E-state index in [4.69, 9.17) is 5.84 Å². The number of rotatable bonds is 6. The first-order valence-electron chi connectivity index (χ1n) is 6.67. The lowest BCUT2D eigenvalue weighted by atomic mass is 10.1. The fraction of sp³-hybridized carbons (Fsp3) is 0.500. The van der Waals surface area contributed by atoms with Gasteiger partial charge in [-0.15, -0.1) is 0 Å². The molecule has 0 atom stereocenters. The molecule has 0 heterocycles. The maximum Gasteiger partial charge on any atom is 0.210 e. The van der Waals surface area contributed by atoms with Gasteiger partial charge in [0.2, 0.25) is 5.96 Å². The summed E-state index contributed by atoms with van der Waals surface area (Å²) in [4.78, 5) is 4.36. The minimum atomic E-state index is 0.617. The summed E-state index contributed by atoms with van der Waals surface area (Å²) in [6.07, 6.45) is 4.49. The molecule has 0 saturated carbocycles. The Morgan fingerprint density at radius 1 is 1.17 bits per heavy atom. The molecule has 0 fully saturated rings. The van der Waals surface area contributed by atoms with Crippen molar-refractivity contribution in [2.45, 2.75) is 39.5 Å². The van der Waals surface area contributed by atoms with Crippen molar-refractivity contribution in [2.24, 2.45) is 10.8 Å². The third kappa shape index (κ3) is 5.19. The summed E-state index contributed by atoms with van der Waals surface area (Å²) in [5.41, 5.74) is 4.95. The molecule has 0 aliphatic rings. The second-order valence-electron chi connectivity index (χ2n) is 4.30. The number of unbranched alkanes of at least 4 members (excludes halogenated alkanes) is 1. The minimum absolute atomic E-state index is 0.617. The van der Waals surface area contributed by atoms with Crippen LogP contribution in [-0.2, 0) is 6.42 Å². The van der Waals surface area contributed by atoms with Gasteiger partial charge in [0.1, 0.15) is 0 Å². The van der Waals surface area contributed by atoms with Gasteiger partial charge in [0.25, 0.3) is 0 Å². The average molecular weight is 248 g/mol. The summed E-state index contributed by atoms with van der Waals surface area (Å²) in [6.45, 7) is 5.12. The van der Waals surface area contributed by atoms with Crippen LogP contribution in [0.3, 0.4) is 0 Å². The summed E-state index contributed by atoms with van der Waals surface area (Å²) in [5.74, 6) is 6.05. The molecule has 0 aliphatic heterocycles. The van der Waals surface area contributed by atoms with Crippen LogP contribution in [-0.4, -0.2) is 12.5 Å². The average Bonchev–Trinajstić information content (AvgIpc) is 2.40. The number of hydrazine groups is 1. The zero-order valence-corrected chi connectivity index (χ0v) is 11.4. The molecule has 1 aromatic carbocycles. The summed E-state index contributed by atoms with van der Waals surface area (Å²) >= 11 is 0. The van der Waals surface area contributed by atoms with Gasteiger partial charge in [0.05, 0.1) is 0 Å². The largest absolute Gasteiger partial charge is 0.325 e. The van der Waals surface area contributed by atoms with Crippen LogP contribution in [0.4, 0.5) is 5.69 Å². The molecule has 4 nitrogen and oxygen atoms in total. The van der Waals surface area contributed by atoms with Gasteiger partial charge in [-0.05, 0) is 30.5 Å². The molecule has 4 heteroatoms. The Morgan fingerprint density at radius 2 is 1.89 bits per heavy atom. The monoisotopic (exact) mass is 248 g/mol. The van der Waals surface area contributed by atoms with Gasteiger partial charge < -0.3 is 5.32 Å². The van der Waals surface area contributed by atoms with E-state index in [9.17, 15) is 0 Å². The first-order valence-corrected chi connectivity index (χ1v) is 6.67. The molecule has 0 aromatic heterocycles. The van der Waals surface area contributed by atoms with Crippen LogP contribution < -0.4 is 16.6 Å². The third-order valence-electron chi connectivity index (χ3n) is 2.67. The predicted octanol–water partition coefficient (Wildman–Crippen LogP) is 2.67. The summed E-state index contributed by atoms with van der Waals surface area (Å²) < 4.78 is 0. The lowest BCUT2D eigenvalue weighted by Crippen LogP contribution is -2.36. The van der Waals surface area contributed by atoms with E-state index in [-0.39, 0.29) is 0 Å². The van der Waals surface area contributed by atoms with Crippen LogP contribution in [0.15, 0.2) is 29.3 Å². The van der Waals surface area contributed by atoms with E-state index in [2.05, 4.69) is 53.8 Å². The van der Waals surface area contributed by atoms with Gasteiger partial charge in [0.15, 0.2) is 0 Å². The lowest BCUT2D eigenvalue weighted by molar-refractivity contribution is 0.801. The Balaban J connectivity index is 2.55. The molecule has 0 amide bonds. The van der Waals surface area contributed by atoms with Gasteiger partial charge in [0, 0.05) is 12.2 Å². The zero-order valence-electron chi connectivity index (χ0n) is 11.4. The standard InChI is InChI=1S/C14H24N4/c1-3-5-11-16-14(18-15)17-13-9-7-12(6-4-2)8-10-13/h7-10H,3-6,11,15H2,1-2H3,(H2,16,17,18). The van der Waals surface area contributed by atoms with Crippen LogP contribution in [0.25, 0.3) is 0 Å². The number of hydrogen-bond donors (Lipinski definition) is 3. The van der Waals surface area contributed by atoms with Crippen molar-refractivity contribution in [3.8, 4) is 0 Å². The number of nitrogens with zero attached hydrogens (tertiary/aromatic N) is 1. The highest BCUT2D eigenvalue weighted by molar-refractivity contribution is 5.93. The molecule has 0 saturated heterocycles. The van der Waals surface area contributed by atoms with E-state index in [1.807, 2.05) is 0 Å². The molecular weight excluding hydrogens is 224 g/mol. The second kappa shape index (κ2) is 8.53. The number of guanidine groups is 1. The number of aryl methyl sites for hydroxylation is 1. The maximum absolute atomic E-state index is 5.44. The Labute approximate surface area is 110 Å². The van der Waals surface area contributed by atoms with Crippen LogP contribution in [0.2, 0.25) is 0 Å². The molecule has 0 unspecified atom stereocenters. The smallest absolute Gasteiger partial charge is 0.210 e. The molecule has 100 valence electrons. The number of hydrogen-bond acceptors (Lipinski definition) is 2. The maximum atomic E-state index is 5.44. The van der Waals surface area contributed by atoms with E-state index in [1.54, 1.807) is 0 Å². The molecule has 0 spiro atoms. The lowest BCUT2D eigenvalue weighted by Gasteiger charge is -2.09. The molecule has 0 radical (unpaired) electrons. The molecule has 0 aliphatic carbocycles. The Kier molecular flexibility index (Phi) is 6.87. The van der Waals surface area contributed by atoms with Gasteiger partial charge >= 0.3 is 0 Å². The van der Waals surface area contributed by atoms with Gasteiger partial charge in [-0.3, -0.25) is 10.4 Å². The van der Waals surface area contributed by atoms with E-state index in [1.165, 1.54) is 12.0 Å². The summed E-state index contributed by atoms with van der Waals surface area (Å²) in [5, 5.41) is 3.17. The van der Waals surface area contributed by atoms with Crippen molar-refractivity contribution in [2.75, 3.05) is 11.9 Å². The zero-order chi connectivity index (χ0) is 13.2. The molecule has 1 rings (SSSR count). The number of anilines is 1. The van der Waals surface area contributed by atoms with Crippen LogP contribution in [0.1, 0.15) is 38.7 Å². The van der Waals surface area contributed by atoms with Gasteiger partial charge in [-0.1, -0.05) is 38.8 Å². The Bertz CT molecular complexity index is 357. The van der Waals surface area contributed by atoms with E-state index in [0.29, 0.717) is 5.96 Å². The van der Waals surface area contributed by atoms with Gasteiger partial charge in [-0.25, -0.2) is 5.84 Å². The number of aliphatic imine (C=N–C) groups is 1. The van der Waals surface area contributed by atoms with Crippen molar-refractivity contribution < 1.29 is 0 Å². The van der Waals surface area contributed by atoms with E-state index >= 15 is 0 Å². The minimum Gasteiger partial charge on any atom is -0.325 e. The van der Waals surface area contributed by atoms with Crippen molar-refractivity contribution in [1.82, 2.24) is 5.43 Å². The van der Waals surface area contributed by atoms with E-state index < -0.39 is 0 Å². The van der Waals surface area contributed by atoms with Crippen LogP contribution in [0.5, 0.6) is 0 Å². The first-order chi connectivity index (χ1) is 8.80. The highest BCUT2D eigenvalue weighted by Crippen LogP contribution is 2.10. The molecule has 0 bridgehead atoms. The molecule has 18 heavy (non-hydrogen) atoms. The topological polar surface area (TPSA) is 62.4 Å². The van der Waals surface area contributed by atoms with Crippen molar-refractivity contribution in [3.63, 3.8) is 0 Å². The van der Waals surface area contributed by atoms with Crippen molar-refractivity contribution in [1.29, 1.82) is 0 Å². The second-order valence-corrected chi connectivity index (χ2v) is 4.30. The predicted molar refractivity (Wildman–Crippen MR) is 78.6 cm³/mol. The van der Waals surface area contributed by atoms with Crippen LogP contribution >= 0.6 is 0 Å². The SMILES string of the molecule is CCCCN=C(NN)Nc1ccc(CCC)cc1. The molecule has 1 aromatic rings. The number of nitrogens with one attached hydrogen (secondary N) is 2. The van der Waals surface area contributed by atoms with Crippen molar-refractivity contribution >= 4 is 11.6 Å².